The van der Waals surface area contributed by atoms with E-state index >= 15 is 0 Å². The standard InChI is InChI=1S/C19H15FN2O2/c1-19(2)22-16(15-9-14(20)7-8-18(15)24-19)10-17(23)13-5-3-12(11-21)4-6-13/h3-10,22H,1-2H3/b16-10-. The summed E-state index contributed by atoms with van der Waals surface area (Å²) in [7, 11) is 0. The number of carbonyl (C=O) groups excluding carboxylic acids is 1. The average molecular weight is 322 g/mol. The van der Waals surface area contributed by atoms with Crippen LogP contribution in [0.4, 0.5) is 4.39 Å². The van der Waals surface area contributed by atoms with Crippen molar-refractivity contribution >= 4 is 11.5 Å². The number of hydrogen-bond acceptors (Lipinski definition) is 4. The number of ketones is 1. The van der Waals surface area contributed by atoms with Gasteiger partial charge < -0.3 is 10.1 Å². The van der Waals surface area contributed by atoms with Crippen molar-refractivity contribution in [2.24, 2.45) is 0 Å². The molecule has 0 saturated carbocycles. The van der Waals surface area contributed by atoms with E-state index in [4.69, 9.17) is 10.00 Å². The fourth-order valence-electron chi connectivity index (χ4n) is 2.53. The van der Waals surface area contributed by atoms with Crippen molar-refractivity contribution in [3.05, 3.63) is 71.0 Å². The lowest BCUT2D eigenvalue weighted by molar-refractivity contribution is 0.0815. The van der Waals surface area contributed by atoms with Gasteiger partial charge in [-0.3, -0.25) is 4.79 Å². The SMILES string of the molecule is CC1(C)N/C(=C\C(=O)c2ccc(C#N)cc2)c2cc(F)ccc2O1. The molecule has 0 fully saturated rings. The number of fused-ring (bicyclic) bond motifs is 1. The van der Waals surface area contributed by atoms with Gasteiger partial charge in [-0.25, -0.2) is 4.39 Å². The van der Waals surface area contributed by atoms with Crippen LogP contribution in [0.25, 0.3) is 5.70 Å². The Bertz CT molecular complexity index is 877. The van der Waals surface area contributed by atoms with Gasteiger partial charge in [-0.1, -0.05) is 0 Å². The largest absolute Gasteiger partial charge is 0.468 e. The summed E-state index contributed by atoms with van der Waals surface area (Å²) in [6.07, 6.45) is 1.42. The van der Waals surface area contributed by atoms with E-state index in [1.807, 2.05) is 19.9 Å². The molecular formula is C19H15FN2O2. The summed E-state index contributed by atoms with van der Waals surface area (Å²) in [5.74, 6) is -0.135. The Morgan fingerprint density at radius 3 is 2.62 bits per heavy atom. The fraction of sp³-hybridized carbons (Fsp3) is 0.158. The van der Waals surface area contributed by atoms with Crippen LogP contribution in [0.3, 0.4) is 0 Å². The van der Waals surface area contributed by atoms with Crippen molar-refractivity contribution in [3.63, 3.8) is 0 Å². The molecule has 120 valence electrons. The zero-order valence-corrected chi connectivity index (χ0v) is 13.3. The Labute approximate surface area is 139 Å². The van der Waals surface area contributed by atoms with Crippen LogP contribution in [0.5, 0.6) is 5.75 Å². The molecule has 24 heavy (non-hydrogen) atoms. The molecule has 0 unspecified atom stereocenters. The Kier molecular flexibility index (Phi) is 3.82. The normalized spacial score (nSPS) is 16.5. The first-order valence-electron chi connectivity index (χ1n) is 7.41. The number of ether oxygens (including phenoxy) is 1. The minimum absolute atomic E-state index is 0.241. The monoisotopic (exact) mass is 322 g/mol. The summed E-state index contributed by atoms with van der Waals surface area (Å²) in [5.41, 5.74) is 1.20. The molecule has 0 aromatic heterocycles. The molecule has 3 rings (SSSR count). The minimum atomic E-state index is -0.721. The average Bonchev–Trinajstić information content (AvgIpc) is 2.55. The van der Waals surface area contributed by atoms with E-state index < -0.39 is 11.5 Å². The van der Waals surface area contributed by atoms with E-state index in [0.29, 0.717) is 28.1 Å². The van der Waals surface area contributed by atoms with Crippen molar-refractivity contribution in [3.8, 4) is 11.8 Å². The Balaban J connectivity index is 2.00. The van der Waals surface area contributed by atoms with Crippen LogP contribution in [0.15, 0.2) is 48.5 Å². The molecule has 4 nitrogen and oxygen atoms in total. The summed E-state index contributed by atoms with van der Waals surface area (Å²) in [4.78, 5) is 12.5. The third kappa shape index (κ3) is 3.13. The highest BCUT2D eigenvalue weighted by Crippen LogP contribution is 2.34. The van der Waals surface area contributed by atoms with Crippen LogP contribution in [-0.2, 0) is 0 Å². The maximum atomic E-state index is 13.6. The minimum Gasteiger partial charge on any atom is -0.468 e. The van der Waals surface area contributed by atoms with E-state index in [1.54, 1.807) is 30.3 Å². The number of nitriles is 1. The predicted molar refractivity (Wildman–Crippen MR) is 87.7 cm³/mol. The van der Waals surface area contributed by atoms with Crippen molar-refractivity contribution in [1.82, 2.24) is 5.32 Å². The zero-order valence-electron chi connectivity index (χ0n) is 13.3. The molecule has 1 aliphatic rings. The second-order valence-corrected chi connectivity index (χ2v) is 5.99. The Hall–Kier alpha value is -3.13. The van der Waals surface area contributed by atoms with Gasteiger partial charge in [-0.05, 0) is 56.3 Å². The number of hydrogen-bond donors (Lipinski definition) is 1. The molecular weight excluding hydrogens is 307 g/mol. The van der Waals surface area contributed by atoms with Gasteiger partial charge >= 0.3 is 0 Å². The molecule has 2 aromatic carbocycles. The second-order valence-electron chi connectivity index (χ2n) is 5.99. The molecule has 0 aliphatic carbocycles. The lowest BCUT2D eigenvalue weighted by Gasteiger charge is -2.36. The van der Waals surface area contributed by atoms with Crippen LogP contribution < -0.4 is 10.1 Å². The molecule has 1 N–H and O–H groups in total. The van der Waals surface area contributed by atoms with Gasteiger partial charge in [0.25, 0.3) is 0 Å². The van der Waals surface area contributed by atoms with Crippen LogP contribution in [-0.4, -0.2) is 11.5 Å². The van der Waals surface area contributed by atoms with Crippen molar-refractivity contribution in [2.45, 2.75) is 19.6 Å². The zero-order chi connectivity index (χ0) is 17.3. The number of allylic oxidation sites excluding steroid dienone is 1. The maximum Gasteiger partial charge on any atom is 0.187 e. The number of benzene rings is 2. The number of halogens is 1. The molecule has 2 aromatic rings. The van der Waals surface area contributed by atoms with Crippen LogP contribution in [0.1, 0.15) is 35.3 Å². The first-order valence-corrected chi connectivity index (χ1v) is 7.41. The first kappa shape index (κ1) is 15.8. The lowest BCUT2D eigenvalue weighted by Crippen LogP contribution is -2.46. The van der Waals surface area contributed by atoms with Crippen LogP contribution in [0, 0.1) is 17.1 Å². The van der Waals surface area contributed by atoms with Crippen molar-refractivity contribution in [1.29, 1.82) is 5.26 Å². The number of rotatable bonds is 2. The Morgan fingerprint density at radius 1 is 1.25 bits per heavy atom. The van der Waals surface area contributed by atoms with E-state index in [9.17, 15) is 9.18 Å². The van der Waals surface area contributed by atoms with Gasteiger partial charge in [-0.2, -0.15) is 5.26 Å². The molecule has 1 heterocycles. The second kappa shape index (κ2) is 5.82. The topological polar surface area (TPSA) is 62.1 Å². The summed E-state index contributed by atoms with van der Waals surface area (Å²) in [5, 5.41) is 11.9. The summed E-state index contributed by atoms with van der Waals surface area (Å²) in [6, 6.07) is 12.6. The number of nitrogens with one attached hydrogen (secondary N) is 1. The van der Waals surface area contributed by atoms with Gasteiger partial charge in [0.05, 0.1) is 17.3 Å². The van der Waals surface area contributed by atoms with Gasteiger partial charge in [0.2, 0.25) is 0 Å². The molecule has 0 amide bonds. The van der Waals surface area contributed by atoms with Crippen molar-refractivity contribution in [2.75, 3.05) is 0 Å². The predicted octanol–water partition coefficient (Wildman–Crippen LogP) is 3.64. The maximum absolute atomic E-state index is 13.6. The van der Waals surface area contributed by atoms with E-state index in [0.717, 1.165) is 0 Å². The highest BCUT2D eigenvalue weighted by molar-refractivity contribution is 6.08. The van der Waals surface area contributed by atoms with Gasteiger partial charge in [0.15, 0.2) is 11.5 Å². The van der Waals surface area contributed by atoms with Crippen LogP contribution >= 0.6 is 0 Å². The fourth-order valence-corrected chi connectivity index (χ4v) is 2.53. The summed E-state index contributed by atoms with van der Waals surface area (Å²) >= 11 is 0. The lowest BCUT2D eigenvalue weighted by atomic mass is 10.0. The van der Waals surface area contributed by atoms with E-state index in [1.165, 1.54) is 18.2 Å². The first-order chi connectivity index (χ1) is 11.4. The number of nitrogens with zero attached hydrogens (tertiary/aromatic N) is 1. The van der Waals surface area contributed by atoms with Crippen molar-refractivity contribution < 1.29 is 13.9 Å². The summed E-state index contributed by atoms with van der Waals surface area (Å²) in [6.45, 7) is 3.64. The molecule has 0 saturated heterocycles. The Morgan fingerprint density at radius 2 is 1.96 bits per heavy atom. The molecule has 0 spiro atoms. The third-order valence-electron chi connectivity index (χ3n) is 3.61. The molecule has 5 heteroatoms. The van der Waals surface area contributed by atoms with Gasteiger partial charge in [0.1, 0.15) is 11.6 Å². The van der Waals surface area contributed by atoms with Crippen LogP contribution in [0.2, 0.25) is 0 Å². The molecule has 0 radical (unpaired) electrons. The van der Waals surface area contributed by atoms with Gasteiger partial charge in [0, 0.05) is 17.2 Å². The summed E-state index contributed by atoms with van der Waals surface area (Å²) < 4.78 is 19.3. The third-order valence-corrected chi connectivity index (χ3v) is 3.61. The highest BCUT2D eigenvalue weighted by Gasteiger charge is 2.29. The molecule has 0 atom stereocenters. The van der Waals surface area contributed by atoms with E-state index in [2.05, 4.69) is 5.32 Å². The molecule has 0 bridgehead atoms. The smallest absolute Gasteiger partial charge is 0.187 e. The number of carbonyl (C=O) groups is 1. The van der Waals surface area contributed by atoms with E-state index in [-0.39, 0.29) is 5.78 Å². The molecule has 1 aliphatic heterocycles. The van der Waals surface area contributed by atoms with Gasteiger partial charge in [-0.15, -0.1) is 0 Å². The quantitative estimate of drug-likeness (QED) is 0.677. The highest BCUT2D eigenvalue weighted by atomic mass is 19.1.